The third-order valence-corrected chi connectivity index (χ3v) is 12.5. The number of halogens is 1. The summed E-state index contributed by atoms with van der Waals surface area (Å²) in [5.74, 6) is 0. The Bertz CT molecular complexity index is 2320. The van der Waals surface area contributed by atoms with Crippen LogP contribution in [0.2, 0.25) is 5.02 Å². The predicted molar refractivity (Wildman–Crippen MR) is 242 cm³/mol. The maximum absolute atomic E-state index is 7.98. The molecule has 1 aliphatic carbocycles. The summed E-state index contributed by atoms with van der Waals surface area (Å²) in [5, 5.41) is 1.70. The number of furan rings is 1. The number of para-hydroxylation sites is 1. The van der Waals surface area contributed by atoms with E-state index < -0.39 is 0 Å². The van der Waals surface area contributed by atoms with E-state index in [2.05, 4.69) is 191 Å². The molecule has 0 fully saturated rings. The van der Waals surface area contributed by atoms with Gasteiger partial charge in [-0.25, -0.2) is 0 Å². The second kappa shape index (κ2) is 13.9. The lowest BCUT2D eigenvalue weighted by Crippen LogP contribution is -2.34. The third-order valence-electron chi connectivity index (χ3n) is 12.2. The first kappa shape index (κ1) is 39.8. The van der Waals surface area contributed by atoms with Crippen LogP contribution < -0.4 is 9.80 Å². The Kier molecular flexibility index (Phi) is 9.85. The van der Waals surface area contributed by atoms with Gasteiger partial charge in [0.25, 0.3) is 0 Å². The Labute approximate surface area is 341 Å². The standard InChI is InChI=1S/C52H61ClN2O/c1-48(2,3)34-18-22-37(23-19-34)54(38-24-20-35(21-25-38)49(4,5)6)43-30-36(50(7,8)9)31-44(47(43)53)55(45-33-56-46-17-15-14-16-40(45)46)39-26-27-41-42(32-39)52(12,13)29-28-51(41,10)11/h14-27,30-33H,28-29H2,1-13H3. The molecule has 0 spiro atoms. The maximum atomic E-state index is 7.98. The summed E-state index contributed by atoms with van der Waals surface area (Å²) in [6.45, 7) is 30.0. The van der Waals surface area contributed by atoms with E-state index in [1.807, 2.05) is 18.4 Å². The Morgan fingerprint density at radius 2 is 0.964 bits per heavy atom. The van der Waals surface area contributed by atoms with Crippen LogP contribution in [0.4, 0.5) is 34.1 Å². The number of hydrogen-bond acceptors (Lipinski definition) is 3. The van der Waals surface area contributed by atoms with E-state index in [4.69, 9.17) is 16.0 Å². The first-order valence-electron chi connectivity index (χ1n) is 20.3. The quantitative estimate of drug-likeness (QED) is 0.168. The van der Waals surface area contributed by atoms with Crippen molar-refractivity contribution in [1.82, 2.24) is 0 Å². The number of hydrogen-bond donors (Lipinski definition) is 0. The molecule has 6 aromatic rings. The molecule has 1 aromatic heterocycles. The van der Waals surface area contributed by atoms with Gasteiger partial charge < -0.3 is 14.2 Å². The topological polar surface area (TPSA) is 19.6 Å². The Hall–Kier alpha value is -4.47. The van der Waals surface area contributed by atoms with E-state index in [1.54, 1.807) is 0 Å². The van der Waals surface area contributed by atoms with E-state index in [1.165, 1.54) is 27.8 Å². The molecule has 56 heavy (non-hydrogen) atoms. The van der Waals surface area contributed by atoms with Crippen molar-refractivity contribution < 1.29 is 4.42 Å². The van der Waals surface area contributed by atoms with Gasteiger partial charge in [0.05, 0.1) is 22.1 Å². The molecule has 1 heterocycles. The lowest BCUT2D eigenvalue weighted by molar-refractivity contribution is 0.332. The van der Waals surface area contributed by atoms with Crippen LogP contribution in [0.1, 0.15) is 131 Å². The highest BCUT2D eigenvalue weighted by molar-refractivity contribution is 6.37. The van der Waals surface area contributed by atoms with E-state index in [-0.39, 0.29) is 27.1 Å². The molecule has 4 heteroatoms. The fourth-order valence-corrected chi connectivity index (χ4v) is 8.54. The molecular formula is C52H61ClN2O. The highest BCUT2D eigenvalue weighted by Gasteiger charge is 2.38. The molecule has 0 radical (unpaired) electrons. The number of nitrogens with zero attached hydrogens (tertiary/aromatic N) is 2. The first-order chi connectivity index (χ1) is 26.1. The first-order valence-corrected chi connectivity index (χ1v) is 20.7. The minimum atomic E-state index is -0.183. The zero-order chi connectivity index (χ0) is 40.6. The van der Waals surface area contributed by atoms with Gasteiger partial charge >= 0.3 is 0 Å². The SMILES string of the molecule is CC(C)(C)c1ccc(N(c2ccc(C(C)(C)C)cc2)c2cc(C(C)(C)C)cc(N(c3ccc4c(c3)C(C)(C)CCC4(C)C)c3coc4ccccc34)c2Cl)cc1. The van der Waals surface area contributed by atoms with Crippen molar-refractivity contribution in [2.75, 3.05) is 9.80 Å². The molecule has 0 unspecified atom stereocenters. The lowest BCUT2D eigenvalue weighted by Gasteiger charge is -2.42. The molecule has 0 aliphatic heterocycles. The van der Waals surface area contributed by atoms with Gasteiger partial charge in [0.15, 0.2) is 0 Å². The number of anilines is 6. The lowest BCUT2D eigenvalue weighted by atomic mass is 9.63. The number of rotatable bonds is 6. The molecule has 0 bridgehead atoms. The van der Waals surface area contributed by atoms with Crippen molar-refractivity contribution in [1.29, 1.82) is 0 Å². The molecule has 1 aliphatic rings. The van der Waals surface area contributed by atoms with Crippen LogP contribution >= 0.6 is 11.6 Å². The molecule has 5 aromatic carbocycles. The predicted octanol–water partition coefficient (Wildman–Crippen LogP) is 16.3. The normalized spacial score (nSPS) is 15.5. The number of benzene rings is 5. The van der Waals surface area contributed by atoms with Crippen LogP contribution in [0.25, 0.3) is 11.0 Å². The fourth-order valence-electron chi connectivity index (χ4n) is 8.26. The molecule has 0 saturated carbocycles. The maximum Gasteiger partial charge on any atom is 0.136 e. The van der Waals surface area contributed by atoms with Gasteiger partial charge in [-0.15, -0.1) is 0 Å². The van der Waals surface area contributed by atoms with E-state index >= 15 is 0 Å². The summed E-state index contributed by atoms with van der Waals surface area (Å²) in [7, 11) is 0. The van der Waals surface area contributed by atoms with Crippen molar-refractivity contribution >= 4 is 56.7 Å². The van der Waals surface area contributed by atoms with Crippen LogP contribution in [0, 0.1) is 0 Å². The largest absolute Gasteiger partial charge is 0.462 e. The highest BCUT2D eigenvalue weighted by Crippen LogP contribution is 2.53. The van der Waals surface area contributed by atoms with Gasteiger partial charge in [0, 0.05) is 22.4 Å². The van der Waals surface area contributed by atoms with Crippen LogP contribution in [0.15, 0.2) is 114 Å². The van der Waals surface area contributed by atoms with Gasteiger partial charge in [-0.05, 0) is 128 Å². The van der Waals surface area contributed by atoms with E-state index in [0.29, 0.717) is 5.02 Å². The Morgan fingerprint density at radius 1 is 0.500 bits per heavy atom. The van der Waals surface area contributed by atoms with Crippen molar-refractivity contribution in [3.8, 4) is 0 Å². The Morgan fingerprint density at radius 3 is 1.48 bits per heavy atom. The zero-order valence-corrected chi connectivity index (χ0v) is 36.7. The van der Waals surface area contributed by atoms with Crippen molar-refractivity contribution in [3.63, 3.8) is 0 Å². The van der Waals surface area contributed by atoms with E-state index in [0.717, 1.165) is 57.9 Å². The summed E-state index contributed by atoms with van der Waals surface area (Å²) < 4.78 is 6.30. The van der Waals surface area contributed by atoms with Gasteiger partial charge in [-0.3, -0.25) is 0 Å². The van der Waals surface area contributed by atoms with Crippen LogP contribution in [-0.2, 0) is 27.1 Å². The van der Waals surface area contributed by atoms with Crippen LogP contribution in [0.5, 0.6) is 0 Å². The monoisotopic (exact) mass is 764 g/mol. The second-order valence-electron chi connectivity index (χ2n) is 20.5. The van der Waals surface area contributed by atoms with Crippen molar-refractivity contribution in [2.45, 2.75) is 130 Å². The summed E-state index contributed by atoms with van der Waals surface area (Å²) in [4.78, 5) is 4.68. The Balaban J connectivity index is 1.53. The minimum absolute atomic E-state index is 0.0290. The van der Waals surface area contributed by atoms with E-state index in [9.17, 15) is 0 Å². The molecule has 0 N–H and O–H groups in total. The summed E-state index contributed by atoms with van der Waals surface area (Å²) in [6, 6.07) is 38.0. The summed E-state index contributed by atoms with van der Waals surface area (Å²) >= 11 is 7.98. The zero-order valence-electron chi connectivity index (χ0n) is 36.0. The summed E-state index contributed by atoms with van der Waals surface area (Å²) in [6.07, 6.45) is 4.19. The average Bonchev–Trinajstić information content (AvgIpc) is 3.55. The molecule has 7 rings (SSSR count). The van der Waals surface area contributed by atoms with Crippen molar-refractivity contribution in [3.05, 3.63) is 142 Å². The van der Waals surface area contributed by atoms with Gasteiger partial charge in [-0.1, -0.05) is 144 Å². The molecular weight excluding hydrogens is 704 g/mol. The third kappa shape index (κ3) is 7.40. The molecule has 3 nitrogen and oxygen atoms in total. The highest BCUT2D eigenvalue weighted by atomic mass is 35.5. The number of fused-ring (bicyclic) bond motifs is 2. The fraction of sp³-hybridized carbons (Fsp3) is 0.385. The molecule has 0 saturated heterocycles. The molecule has 0 atom stereocenters. The van der Waals surface area contributed by atoms with Crippen LogP contribution in [-0.4, -0.2) is 0 Å². The minimum Gasteiger partial charge on any atom is -0.462 e. The van der Waals surface area contributed by atoms with Crippen molar-refractivity contribution in [2.24, 2.45) is 0 Å². The summed E-state index contributed by atoms with van der Waals surface area (Å²) in [5.41, 5.74) is 13.4. The van der Waals surface area contributed by atoms with Gasteiger partial charge in [-0.2, -0.15) is 0 Å². The van der Waals surface area contributed by atoms with Gasteiger partial charge in [0.1, 0.15) is 11.8 Å². The average molecular weight is 766 g/mol. The smallest absolute Gasteiger partial charge is 0.136 e. The molecule has 0 amide bonds. The second-order valence-corrected chi connectivity index (χ2v) is 20.8. The van der Waals surface area contributed by atoms with Gasteiger partial charge in [0.2, 0.25) is 0 Å². The molecule has 292 valence electrons. The van der Waals surface area contributed by atoms with Crippen LogP contribution in [0.3, 0.4) is 0 Å².